The minimum Gasteiger partial charge on any atom is -0.406 e. The third-order valence-corrected chi connectivity index (χ3v) is 5.10. The number of anilines is 1. The van der Waals surface area contributed by atoms with Crippen LogP contribution in [0.2, 0.25) is 0 Å². The second kappa shape index (κ2) is 6.66. The van der Waals surface area contributed by atoms with Gasteiger partial charge in [0.2, 0.25) is 0 Å². The van der Waals surface area contributed by atoms with Crippen molar-refractivity contribution in [2.45, 2.75) is 18.3 Å². The lowest BCUT2D eigenvalue weighted by atomic mass is 9.81. The van der Waals surface area contributed by atoms with Gasteiger partial charge in [-0.1, -0.05) is 24.3 Å². The average molecular weight is 406 g/mol. The summed E-state index contributed by atoms with van der Waals surface area (Å²) in [4.78, 5) is 6.63. The summed E-state index contributed by atoms with van der Waals surface area (Å²) < 4.78 is 41.5. The number of nitrogens with zero attached hydrogens (tertiary/aromatic N) is 2. The standard InChI is InChI=1S/C19H17F3N4OS/c20-19(21,22)27-15-7-5-12(6-8-15)18(13-3-1-4-14(23)11-13)16-24-9-2-10-26(16)17(28)25-18/h1,3-8,11H,2,9-10,23H2,(H,25,28). The molecule has 0 saturated carbocycles. The monoisotopic (exact) mass is 406 g/mol. The third-order valence-electron chi connectivity index (χ3n) is 4.77. The number of benzene rings is 2. The second-order valence-electron chi connectivity index (χ2n) is 6.59. The minimum atomic E-state index is -4.75. The molecular weight excluding hydrogens is 389 g/mol. The van der Waals surface area contributed by atoms with Crippen molar-refractivity contribution in [1.82, 2.24) is 10.2 Å². The summed E-state index contributed by atoms with van der Waals surface area (Å²) in [5.74, 6) is 0.431. The van der Waals surface area contributed by atoms with Crippen molar-refractivity contribution in [2.24, 2.45) is 4.99 Å². The van der Waals surface area contributed by atoms with Gasteiger partial charge in [0.15, 0.2) is 5.11 Å². The summed E-state index contributed by atoms with van der Waals surface area (Å²) in [6, 6.07) is 13.0. The van der Waals surface area contributed by atoms with E-state index in [1.54, 1.807) is 18.2 Å². The van der Waals surface area contributed by atoms with Crippen molar-refractivity contribution in [3.05, 3.63) is 59.7 Å². The van der Waals surface area contributed by atoms with E-state index in [0.717, 1.165) is 24.4 Å². The largest absolute Gasteiger partial charge is 0.573 e. The molecule has 9 heteroatoms. The van der Waals surface area contributed by atoms with Crippen molar-refractivity contribution in [3.63, 3.8) is 0 Å². The van der Waals surface area contributed by atoms with Gasteiger partial charge in [-0.2, -0.15) is 0 Å². The molecule has 0 amide bonds. The number of fused-ring (bicyclic) bond motifs is 1. The van der Waals surface area contributed by atoms with E-state index in [2.05, 4.69) is 10.1 Å². The topological polar surface area (TPSA) is 62.9 Å². The summed E-state index contributed by atoms with van der Waals surface area (Å²) in [5.41, 5.74) is 7.14. The molecule has 1 saturated heterocycles. The highest BCUT2D eigenvalue weighted by Crippen LogP contribution is 2.39. The van der Waals surface area contributed by atoms with E-state index < -0.39 is 11.9 Å². The number of thiocarbonyl (C=S) groups is 1. The van der Waals surface area contributed by atoms with Gasteiger partial charge in [-0.05, 0) is 54.0 Å². The van der Waals surface area contributed by atoms with Gasteiger partial charge >= 0.3 is 6.36 Å². The summed E-state index contributed by atoms with van der Waals surface area (Å²) in [7, 11) is 0. The molecule has 5 nitrogen and oxygen atoms in total. The maximum absolute atomic E-state index is 12.5. The second-order valence-corrected chi connectivity index (χ2v) is 6.98. The molecule has 28 heavy (non-hydrogen) atoms. The molecule has 146 valence electrons. The molecule has 3 N–H and O–H groups in total. The number of nitrogen functional groups attached to an aromatic ring is 1. The number of hydrogen-bond donors (Lipinski definition) is 2. The van der Waals surface area contributed by atoms with Crippen molar-refractivity contribution >= 4 is 28.9 Å². The molecule has 1 fully saturated rings. The molecule has 0 bridgehead atoms. The fourth-order valence-electron chi connectivity index (χ4n) is 3.66. The summed E-state index contributed by atoms with van der Waals surface area (Å²) >= 11 is 5.53. The van der Waals surface area contributed by atoms with E-state index in [0.29, 0.717) is 22.9 Å². The van der Waals surface area contributed by atoms with E-state index in [9.17, 15) is 13.2 Å². The van der Waals surface area contributed by atoms with Crippen LogP contribution in [0.15, 0.2) is 53.5 Å². The summed E-state index contributed by atoms with van der Waals surface area (Å²) in [6.07, 6.45) is -3.87. The van der Waals surface area contributed by atoms with Crippen LogP contribution in [0, 0.1) is 0 Å². The fourth-order valence-corrected chi connectivity index (χ4v) is 3.99. The average Bonchev–Trinajstić information content (AvgIpc) is 2.95. The van der Waals surface area contributed by atoms with Crippen LogP contribution in [0.25, 0.3) is 0 Å². The number of amidine groups is 1. The first-order valence-electron chi connectivity index (χ1n) is 8.66. The molecule has 1 unspecified atom stereocenters. The number of ether oxygens (including phenoxy) is 1. The Hall–Kier alpha value is -2.81. The van der Waals surface area contributed by atoms with Crippen LogP contribution in [0.4, 0.5) is 18.9 Å². The zero-order valence-electron chi connectivity index (χ0n) is 14.7. The van der Waals surface area contributed by atoms with Crippen LogP contribution in [0.1, 0.15) is 17.5 Å². The van der Waals surface area contributed by atoms with E-state index >= 15 is 0 Å². The lowest BCUT2D eigenvalue weighted by molar-refractivity contribution is -0.274. The number of halogens is 3. The van der Waals surface area contributed by atoms with Gasteiger partial charge < -0.3 is 20.7 Å². The molecule has 0 spiro atoms. The predicted octanol–water partition coefficient (Wildman–Crippen LogP) is 3.40. The van der Waals surface area contributed by atoms with Crippen molar-refractivity contribution in [2.75, 3.05) is 18.8 Å². The van der Waals surface area contributed by atoms with Gasteiger partial charge in [0.25, 0.3) is 0 Å². The van der Waals surface area contributed by atoms with E-state index in [-0.39, 0.29) is 5.75 Å². The molecule has 2 heterocycles. The predicted molar refractivity (Wildman–Crippen MR) is 104 cm³/mol. The molecular formula is C19H17F3N4OS. The van der Waals surface area contributed by atoms with Gasteiger partial charge in [-0.3, -0.25) is 4.99 Å². The number of rotatable bonds is 3. The van der Waals surface area contributed by atoms with E-state index in [4.69, 9.17) is 22.9 Å². The maximum Gasteiger partial charge on any atom is 0.573 e. The van der Waals surface area contributed by atoms with Crippen molar-refractivity contribution in [1.29, 1.82) is 0 Å². The van der Waals surface area contributed by atoms with Gasteiger partial charge in [0, 0.05) is 18.8 Å². The van der Waals surface area contributed by atoms with Crippen molar-refractivity contribution in [3.8, 4) is 5.75 Å². The number of aliphatic imine (C=N–C) groups is 1. The molecule has 4 rings (SSSR count). The number of hydrogen-bond acceptors (Lipinski definition) is 4. The Morgan fingerprint density at radius 1 is 1.14 bits per heavy atom. The Morgan fingerprint density at radius 3 is 2.57 bits per heavy atom. The molecule has 2 aliphatic rings. The highest BCUT2D eigenvalue weighted by molar-refractivity contribution is 7.80. The van der Waals surface area contributed by atoms with Crippen LogP contribution >= 0.6 is 12.2 Å². The lowest BCUT2D eigenvalue weighted by Gasteiger charge is -2.33. The van der Waals surface area contributed by atoms with E-state index in [1.807, 2.05) is 23.1 Å². The third kappa shape index (κ3) is 3.15. The molecule has 2 aromatic rings. The number of nitrogens with one attached hydrogen (secondary N) is 1. The summed E-state index contributed by atoms with van der Waals surface area (Å²) in [6.45, 7) is 1.37. The number of alkyl halides is 3. The number of nitrogens with two attached hydrogens (primary N) is 1. The Morgan fingerprint density at radius 2 is 1.89 bits per heavy atom. The molecule has 2 aliphatic heterocycles. The van der Waals surface area contributed by atoms with Crippen LogP contribution in [-0.2, 0) is 5.54 Å². The molecule has 0 aromatic heterocycles. The first-order valence-corrected chi connectivity index (χ1v) is 9.07. The van der Waals surface area contributed by atoms with Crippen molar-refractivity contribution < 1.29 is 17.9 Å². The van der Waals surface area contributed by atoms with Crippen LogP contribution < -0.4 is 15.8 Å². The maximum atomic E-state index is 12.5. The first kappa shape index (κ1) is 18.5. The van der Waals surface area contributed by atoms with Crippen LogP contribution in [0.3, 0.4) is 0 Å². The molecule has 1 atom stereocenters. The smallest absolute Gasteiger partial charge is 0.406 e. The van der Waals surface area contributed by atoms with Gasteiger partial charge in [-0.25, -0.2) is 0 Å². The highest BCUT2D eigenvalue weighted by Gasteiger charge is 2.50. The zero-order valence-corrected chi connectivity index (χ0v) is 15.5. The quantitative estimate of drug-likeness (QED) is 0.604. The Bertz CT molecular complexity index is 945. The Labute approximate surface area is 165 Å². The normalized spacial score (nSPS) is 21.8. The molecule has 0 aliphatic carbocycles. The highest BCUT2D eigenvalue weighted by atomic mass is 32.1. The van der Waals surface area contributed by atoms with Gasteiger partial charge in [-0.15, -0.1) is 13.2 Å². The first-order chi connectivity index (χ1) is 13.3. The fraction of sp³-hybridized carbons (Fsp3) is 0.263. The molecule has 2 aromatic carbocycles. The van der Waals surface area contributed by atoms with E-state index in [1.165, 1.54) is 12.1 Å². The minimum absolute atomic E-state index is 0.290. The Balaban J connectivity index is 1.85. The van der Waals surface area contributed by atoms with Gasteiger partial charge in [0.05, 0.1) is 0 Å². The van der Waals surface area contributed by atoms with Gasteiger partial charge in [0.1, 0.15) is 17.1 Å². The Kier molecular flexibility index (Phi) is 4.41. The zero-order chi connectivity index (χ0) is 19.9. The van der Waals surface area contributed by atoms with Crippen LogP contribution in [-0.4, -0.2) is 35.3 Å². The van der Waals surface area contributed by atoms with Crippen LogP contribution in [0.5, 0.6) is 5.75 Å². The lowest BCUT2D eigenvalue weighted by Crippen LogP contribution is -2.46. The summed E-state index contributed by atoms with van der Waals surface area (Å²) in [5, 5.41) is 3.87. The SMILES string of the molecule is Nc1cccc(C2(c3ccc(OC(F)(F)F)cc3)NC(=S)N3CCCN=C32)c1. The molecule has 0 radical (unpaired) electrons.